The lowest BCUT2D eigenvalue weighted by Gasteiger charge is -2.46. The Labute approximate surface area is 350 Å². The van der Waals surface area contributed by atoms with Gasteiger partial charge in [-0.3, -0.25) is 0 Å². The molecule has 2 aliphatic carbocycles. The largest absolute Gasteiger partial charge is 0.345 e. The molecule has 0 N–H and O–H groups in total. The normalized spacial score (nSPS) is 16.3. The fourth-order valence-corrected chi connectivity index (χ4v) is 8.36. The number of hydrogen-bond acceptors (Lipinski definition) is 2. The van der Waals surface area contributed by atoms with Crippen molar-refractivity contribution in [3.63, 3.8) is 0 Å². The minimum absolute atomic E-state index is 0.404. The summed E-state index contributed by atoms with van der Waals surface area (Å²) in [6.07, 6.45) is 19.1. The van der Waals surface area contributed by atoms with Crippen LogP contribution in [0.1, 0.15) is 63.6 Å². The fourth-order valence-electron chi connectivity index (χ4n) is 8.36. The lowest BCUT2D eigenvalue weighted by atomic mass is 9.63. The van der Waals surface area contributed by atoms with E-state index in [-0.39, 0.29) is 0 Å². The molecule has 1 spiro atoms. The quantitative estimate of drug-likeness (QED) is 0.163. The van der Waals surface area contributed by atoms with Gasteiger partial charge in [0.05, 0.1) is 5.41 Å². The number of fused-ring (bicyclic) bond motifs is 5. The van der Waals surface area contributed by atoms with Gasteiger partial charge in [-0.05, 0) is 108 Å². The van der Waals surface area contributed by atoms with Crippen molar-refractivity contribution in [2.24, 2.45) is 5.92 Å². The Morgan fingerprint density at radius 2 is 1.21 bits per heavy atom. The molecule has 0 saturated heterocycles. The summed E-state index contributed by atoms with van der Waals surface area (Å²) in [7, 11) is 4.24. The van der Waals surface area contributed by atoms with E-state index in [9.17, 15) is 0 Å². The summed E-state index contributed by atoms with van der Waals surface area (Å²) < 4.78 is 0. The predicted octanol–water partition coefficient (Wildman–Crippen LogP) is 15.1. The molecule has 0 amide bonds. The van der Waals surface area contributed by atoms with E-state index in [4.69, 9.17) is 0 Å². The van der Waals surface area contributed by atoms with Gasteiger partial charge >= 0.3 is 0 Å². The minimum atomic E-state index is -0.404. The van der Waals surface area contributed by atoms with Gasteiger partial charge in [-0.2, -0.15) is 0 Å². The molecule has 3 aliphatic rings. The lowest BCUT2D eigenvalue weighted by molar-refractivity contribution is 0.477. The number of allylic oxidation sites excluding steroid dienone is 10. The first kappa shape index (κ1) is 43.0. The monoisotopic (exact) mass is 762 g/mol. The molecule has 0 radical (unpaired) electrons. The molecule has 1 aliphatic heterocycles. The van der Waals surface area contributed by atoms with Crippen LogP contribution in [-0.4, -0.2) is 19.0 Å². The average Bonchev–Trinajstić information content (AvgIpc) is 3.58. The summed E-state index contributed by atoms with van der Waals surface area (Å²) in [6.45, 7) is 19.2. The fraction of sp³-hybridized carbons (Fsp3) is 0.214. The second-order valence-electron chi connectivity index (χ2n) is 14.6. The number of para-hydroxylation sites is 2. The molecule has 8 rings (SSSR count). The molecule has 2 heteroatoms. The predicted molar refractivity (Wildman–Crippen MR) is 253 cm³/mol. The van der Waals surface area contributed by atoms with Gasteiger partial charge in [0, 0.05) is 36.9 Å². The zero-order valence-corrected chi connectivity index (χ0v) is 35.8. The number of likely N-dealkylation sites (N-methyl/N-ethyl adjacent to an activating group) is 1. The maximum absolute atomic E-state index is 4.32. The highest BCUT2D eigenvalue weighted by atomic mass is 15.1. The van der Waals surface area contributed by atoms with Crippen LogP contribution in [0.4, 0.5) is 11.4 Å². The van der Waals surface area contributed by atoms with Crippen molar-refractivity contribution in [3.8, 4) is 11.1 Å². The maximum Gasteiger partial charge on any atom is 0.0750 e. The molecule has 1 atom stereocenters. The topological polar surface area (TPSA) is 6.48 Å². The molecular weight excluding hydrogens is 701 g/mol. The number of benzene rings is 5. The van der Waals surface area contributed by atoms with Crippen molar-refractivity contribution >= 4 is 11.4 Å². The van der Waals surface area contributed by atoms with Crippen LogP contribution < -0.4 is 4.90 Å². The Bertz CT molecular complexity index is 2180. The molecule has 58 heavy (non-hydrogen) atoms. The van der Waals surface area contributed by atoms with Gasteiger partial charge in [0.2, 0.25) is 0 Å². The van der Waals surface area contributed by atoms with Gasteiger partial charge in [0.25, 0.3) is 0 Å². The Balaban J connectivity index is 0.000000226. The molecule has 296 valence electrons. The first-order valence-electron chi connectivity index (χ1n) is 20.9. The summed E-state index contributed by atoms with van der Waals surface area (Å²) in [5, 5.41) is 0. The number of rotatable bonds is 7. The van der Waals surface area contributed by atoms with E-state index in [2.05, 4.69) is 197 Å². The van der Waals surface area contributed by atoms with Crippen molar-refractivity contribution in [1.82, 2.24) is 4.90 Å². The van der Waals surface area contributed by atoms with Crippen molar-refractivity contribution in [1.29, 1.82) is 0 Å². The maximum atomic E-state index is 4.32. The van der Waals surface area contributed by atoms with Crippen LogP contribution in [0.25, 0.3) is 11.1 Å². The standard InChI is InChI=1S/C34H35N.C13H13N.C7H8.C2H6/c1-6-28-32(8-3)35(5)33(23-22-24(4)25-16-10-9-11-17-25)29(7-2)34(28)30-20-14-12-18-26(30)27-19-13-15-21-31(27)34;1-14(12-8-4-2-5-9-12)13-10-6-3-7-11-13;1-7-5-3-2-4-6-7;1-2/h6-8,10,12-21,23-24H,1,3,9,11,22H2,2,4-5H3;2-11H,1H3;2-6H,1H3;1-2H3/b29-7+,33-23+;;;. The van der Waals surface area contributed by atoms with Gasteiger partial charge in [0.1, 0.15) is 0 Å². The van der Waals surface area contributed by atoms with Crippen molar-refractivity contribution in [2.75, 3.05) is 19.0 Å². The summed E-state index contributed by atoms with van der Waals surface area (Å²) in [4.78, 5) is 4.48. The summed E-state index contributed by atoms with van der Waals surface area (Å²) in [6, 6.07) is 48.7. The smallest absolute Gasteiger partial charge is 0.0750 e. The van der Waals surface area contributed by atoms with E-state index in [1.54, 1.807) is 0 Å². The van der Waals surface area contributed by atoms with Gasteiger partial charge in [-0.15, -0.1) is 0 Å². The van der Waals surface area contributed by atoms with E-state index in [1.807, 2.05) is 56.3 Å². The average molecular weight is 763 g/mol. The molecule has 5 aromatic rings. The number of hydrogen-bond donors (Lipinski definition) is 0. The third-order valence-corrected chi connectivity index (χ3v) is 11.2. The Morgan fingerprint density at radius 1 is 0.707 bits per heavy atom. The van der Waals surface area contributed by atoms with E-state index in [0.29, 0.717) is 5.92 Å². The van der Waals surface area contributed by atoms with Crippen LogP contribution in [0.3, 0.4) is 0 Å². The number of anilines is 2. The Morgan fingerprint density at radius 3 is 1.64 bits per heavy atom. The Kier molecular flexibility index (Phi) is 15.5. The molecule has 5 aromatic carbocycles. The second-order valence-corrected chi connectivity index (χ2v) is 14.6. The summed E-state index contributed by atoms with van der Waals surface area (Å²) >= 11 is 0. The molecule has 0 bridgehead atoms. The van der Waals surface area contributed by atoms with Crippen LogP contribution in [0.2, 0.25) is 0 Å². The molecular formula is C56H62N2. The summed E-state index contributed by atoms with van der Waals surface area (Å²) in [5.74, 6) is 0.474. The highest BCUT2D eigenvalue weighted by Crippen LogP contribution is 2.61. The molecule has 0 saturated carbocycles. The van der Waals surface area contributed by atoms with Gasteiger partial charge < -0.3 is 9.80 Å². The van der Waals surface area contributed by atoms with Crippen LogP contribution >= 0.6 is 0 Å². The molecule has 0 fully saturated rings. The van der Waals surface area contributed by atoms with Gasteiger partial charge in [0.15, 0.2) is 0 Å². The van der Waals surface area contributed by atoms with E-state index in [0.717, 1.165) is 25.0 Å². The highest BCUT2D eigenvalue weighted by molar-refractivity contribution is 5.88. The first-order valence-corrected chi connectivity index (χ1v) is 20.9. The van der Waals surface area contributed by atoms with E-state index < -0.39 is 5.41 Å². The number of nitrogens with zero attached hydrogens (tertiary/aromatic N) is 2. The highest BCUT2D eigenvalue weighted by Gasteiger charge is 2.52. The number of aryl methyl sites for hydroxylation is 1. The van der Waals surface area contributed by atoms with Crippen LogP contribution in [0, 0.1) is 12.8 Å². The van der Waals surface area contributed by atoms with Crippen molar-refractivity contribution < 1.29 is 0 Å². The van der Waals surface area contributed by atoms with E-state index in [1.165, 1.54) is 61.6 Å². The molecule has 1 unspecified atom stereocenters. The lowest BCUT2D eigenvalue weighted by Crippen LogP contribution is -2.40. The molecule has 2 nitrogen and oxygen atoms in total. The second kappa shape index (κ2) is 20.9. The van der Waals surface area contributed by atoms with Crippen LogP contribution in [0.5, 0.6) is 0 Å². The first-order chi connectivity index (χ1) is 28.4. The zero-order valence-electron chi connectivity index (χ0n) is 35.8. The van der Waals surface area contributed by atoms with Crippen LogP contribution in [-0.2, 0) is 5.41 Å². The third-order valence-electron chi connectivity index (χ3n) is 11.2. The van der Waals surface area contributed by atoms with Crippen molar-refractivity contribution in [3.05, 3.63) is 240 Å². The van der Waals surface area contributed by atoms with Gasteiger partial charge in [-0.25, -0.2) is 0 Å². The van der Waals surface area contributed by atoms with Gasteiger partial charge in [-0.1, -0.05) is 191 Å². The Hall–Kier alpha value is -6.12. The molecule has 0 aromatic heterocycles. The molecule has 1 heterocycles. The SMILES string of the molecule is C=CC1=C(C=C)C2(C(=C/C)/C(=C\CC(C)C3=CCCC=C3)N1C)c1ccccc1-c1ccccc12.CC.CN(c1ccccc1)c1ccccc1.Cc1ccccc1. The zero-order chi connectivity index (χ0) is 41.5. The minimum Gasteiger partial charge on any atom is -0.345 e. The van der Waals surface area contributed by atoms with E-state index >= 15 is 0 Å². The summed E-state index contributed by atoms with van der Waals surface area (Å²) in [5.41, 5.74) is 14.9. The van der Waals surface area contributed by atoms with Crippen molar-refractivity contribution in [2.45, 2.75) is 59.3 Å². The third kappa shape index (κ3) is 9.03. The van der Waals surface area contributed by atoms with Crippen LogP contribution in [0.15, 0.2) is 223 Å².